The third-order valence-corrected chi connectivity index (χ3v) is 3.18. The maximum atomic E-state index is 13.7. The maximum Gasteiger partial charge on any atom is 0.149 e. The second-order valence-corrected chi connectivity index (χ2v) is 4.60. The van der Waals surface area contributed by atoms with Crippen molar-refractivity contribution in [3.05, 3.63) is 54.0 Å². The Kier molecular flexibility index (Phi) is 3.72. The van der Waals surface area contributed by atoms with Crippen LogP contribution in [0, 0.1) is 5.82 Å². The van der Waals surface area contributed by atoms with Crippen LogP contribution in [0.4, 0.5) is 4.39 Å². The van der Waals surface area contributed by atoms with Crippen molar-refractivity contribution in [2.24, 2.45) is 0 Å². The lowest BCUT2D eigenvalue weighted by Gasteiger charge is -2.20. The zero-order chi connectivity index (χ0) is 13.1. The molecule has 0 saturated carbocycles. The Balaban J connectivity index is 2.42. The topological polar surface area (TPSA) is 16.1 Å². The molecule has 0 fully saturated rings. The van der Waals surface area contributed by atoms with Gasteiger partial charge in [-0.2, -0.15) is 0 Å². The highest BCUT2D eigenvalue weighted by Gasteiger charge is 2.11. The predicted molar refractivity (Wildman–Crippen MR) is 71.7 cm³/mol. The zero-order valence-electron chi connectivity index (χ0n) is 10.9. The maximum absolute atomic E-state index is 13.7. The molecule has 0 unspecified atom stereocenters. The van der Waals surface area contributed by atoms with Crippen LogP contribution in [0.3, 0.4) is 0 Å². The highest BCUT2D eigenvalue weighted by Crippen LogP contribution is 2.25. The van der Waals surface area contributed by atoms with Crippen LogP contribution in [0.2, 0.25) is 0 Å². The van der Waals surface area contributed by atoms with Gasteiger partial charge in [-0.3, -0.25) is 4.98 Å². The van der Waals surface area contributed by atoms with E-state index in [2.05, 4.69) is 22.9 Å². The van der Waals surface area contributed by atoms with Crippen molar-refractivity contribution < 1.29 is 4.39 Å². The number of halogens is 1. The van der Waals surface area contributed by atoms with Gasteiger partial charge in [-0.05, 0) is 44.8 Å². The SMILES string of the molecule is C[C@H](c1cccc(-c2ncccc2F)c1)N(C)C. The Hall–Kier alpha value is -1.74. The molecular weight excluding hydrogens is 227 g/mol. The first-order chi connectivity index (χ1) is 8.59. The van der Waals surface area contributed by atoms with Gasteiger partial charge in [-0.1, -0.05) is 18.2 Å². The second kappa shape index (κ2) is 5.27. The molecule has 0 aliphatic heterocycles. The number of nitrogens with zero attached hydrogens (tertiary/aromatic N) is 2. The van der Waals surface area contributed by atoms with E-state index in [-0.39, 0.29) is 11.9 Å². The molecule has 1 atom stereocenters. The molecule has 0 saturated heterocycles. The molecule has 2 nitrogen and oxygen atoms in total. The molecule has 0 amide bonds. The van der Waals surface area contributed by atoms with Crippen LogP contribution in [0.1, 0.15) is 18.5 Å². The molecule has 1 aromatic heterocycles. The molecular formula is C15H17FN2. The highest BCUT2D eigenvalue weighted by molar-refractivity contribution is 5.60. The van der Waals surface area contributed by atoms with E-state index in [9.17, 15) is 4.39 Å². The Bertz CT molecular complexity index is 538. The van der Waals surface area contributed by atoms with Gasteiger partial charge in [0.25, 0.3) is 0 Å². The summed E-state index contributed by atoms with van der Waals surface area (Å²) in [4.78, 5) is 6.22. The summed E-state index contributed by atoms with van der Waals surface area (Å²) in [6, 6.07) is 11.2. The van der Waals surface area contributed by atoms with Crippen molar-refractivity contribution in [3.63, 3.8) is 0 Å². The summed E-state index contributed by atoms with van der Waals surface area (Å²) in [5.41, 5.74) is 2.38. The van der Waals surface area contributed by atoms with E-state index in [1.54, 1.807) is 12.3 Å². The molecule has 18 heavy (non-hydrogen) atoms. The normalized spacial score (nSPS) is 12.7. The van der Waals surface area contributed by atoms with Crippen LogP contribution in [0.15, 0.2) is 42.6 Å². The Morgan fingerprint density at radius 3 is 2.61 bits per heavy atom. The molecule has 0 N–H and O–H groups in total. The van der Waals surface area contributed by atoms with Crippen LogP contribution in [0.25, 0.3) is 11.3 Å². The number of benzene rings is 1. The smallest absolute Gasteiger partial charge is 0.149 e. The van der Waals surface area contributed by atoms with Gasteiger partial charge in [0, 0.05) is 17.8 Å². The van der Waals surface area contributed by atoms with E-state index in [4.69, 9.17) is 0 Å². The molecule has 0 aliphatic carbocycles. The summed E-state index contributed by atoms with van der Waals surface area (Å²) in [7, 11) is 4.05. The molecule has 2 aromatic rings. The standard InChI is InChI=1S/C15H17FN2/c1-11(18(2)3)12-6-4-7-13(10-12)15-14(16)8-5-9-17-15/h4-11H,1-3H3/t11-/m1/s1. The average molecular weight is 244 g/mol. The van der Waals surface area contributed by atoms with Gasteiger partial charge >= 0.3 is 0 Å². The number of hydrogen-bond acceptors (Lipinski definition) is 2. The Morgan fingerprint density at radius 2 is 1.94 bits per heavy atom. The van der Waals surface area contributed by atoms with E-state index < -0.39 is 0 Å². The first kappa shape index (κ1) is 12.7. The number of hydrogen-bond donors (Lipinski definition) is 0. The van der Waals surface area contributed by atoms with Crippen molar-refractivity contribution >= 4 is 0 Å². The molecule has 2 rings (SSSR count). The molecule has 3 heteroatoms. The number of rotatable bonds is 3. The molecule has 0 bridgehead atoms. The second-order valence-electron chi connectivity index (χ2n) is 4.60. The van der Waals surface area contributed by atoms with E-state index in [0.29, 0.717) is 5.69 Å². The summed E-state index contributed by atoms with van der Waals surface area (Å²) < 4.78 is 13.7. The number of pyridine rings is 1. The minimum atomic E-state index is -0.285. The van der Waals surface area contributed by atoms with Crippen LogP contribution in [-0.2, 0) is 0 Å². The lowest BCUT2D eigenvalue weighted by atomic mass is 10.0. The number of aromatic nitrogens is 1. The minimum Gasteiger partial charge on any atom is -0.303 e. The molecule has 94 valence electrons. The van der Waals surface area contributed by atoms with Crippen LogP contribution >= 0.6 is 0 Å². The lowest BCUT2D eigenvalue weighted by Crippen LogP contribution is -2.16. The fourth-order valence-corrected chi connectivity index (χ4v) is 1.84. The summed E-state index contributed by atoms with van der Waals surface area (Å²) in [5.74, 6) is -0.285. The Labute approximate surface area is 107 Å². The van der Waals surface area contributed by atoms with Crippen molar-refractivity contribution in [3.8, 4) is 11.3 Å². The monoisotopic (exact) mass is 244 g/mol. The highest BCUT2D eigenvalue weighted by atomic mass is 19.1. The average Bonchev–Trinajstić information content (AvgIpc) is 2.38. The van der Waals surface area contributed by atoms with Crippen molar-refractivity contribution in [2.75, 3.05) is 14.1 Å². The molecule has 0 spiro atoms. The summed E-state index contributed by atoms with van der Waals surface area (Å²) >= 11 is 0. The molecule has 0 aliphatic rings. The summed E-state index contributed by atoms with van der Waals surface area (Å²) in [6.07, 6.45) is 1.61. The fraction of sp³-hybridized carbons (Fsp3) is 0.267. The fourth-order valence-electron chi connectivity index (χ4n) is 1.84. The predicted octanol–water partition coefficient (Wildman–Crippen LogP) is 3.51. The zero-order valence-corrected chi connectivity index (χ0v) is 10.9. The summed E-state index contributed by atoms with van der Waals surface area (Å²) in [5, 5.41) is 0. The first-order valence-corrected chi connectivity index (χ1v) is 5.97. The van der Waals surface area contributed by atoms with Gasteiger partial charge in [-0.25, -0.2) is 4.39 Å². The van der Waals surface area contributed by atoms with E-state index >= 15 is 0 Å². The quantitative estimate of drug-likeness (QED) is 0.821. The molecule has 1 heterocycles. The lowest BCUT2D eigenvalue weighted by molar-refractivity contribution is 0.321. The van der Waals surface area contributed by atoms with E-state index in [1.165, 1.54) is 6.07 Å². The Morgan fingerprint density at radius 1 is 1.17 bits per heavy atom. The van der Waals surface area contributed by atoms with Gasteiger partial charge in [0.2, 0.25) is 0 Å². The van der Waals surface area contributed by atoms with Gasteiger partial charge in [0.1, 0.15) is 11.5 Å². The third kappa shape index (κ3) is 2.57. The van der Waals surface area contributed by atoms with E-state index in [0.717, 1.165) is 11.1 Å². The molecule has 1 aromatic carbocycles. The van der Waals surface area contributed by atoms with Gasteiger partial charge < -0.3 is 4.90 Å². The van der Waals surface area contributed by atoms with Crippen molar-refractivity contribution in [2.45, 2.75) is 13.0 Å². The van der Waals surface area contributed by atoms with Gasteiger partial charge in [0.05, 0.1) is 0 Å². The third-order valence-electron chi connectivity index (χ3n) is 3.18. The van der Waals surface area contributed by atoms with Crippen LogP contribution in [0.5, 0.6) is 0 Å². The van der Waals surface area contributed by atoms with Gasteiger partial charge in [-0.15, -0.1) is 0 Å². The summed E-state index contributed by atoms with van der Waals surface area (Å²) in [6.45, 7) is 2.12. The van der Waals surface area contributed by atoms with Crippen molar-refractivity contribution in [1.29, 1.82) is 0 Å². The minimum absolute atomic E-state index is 0.285. The van der Waals surface area contributed by atoms with Crippen molar-refractivity contribution in [1.82, 2.24) is 9.88 Å². The van der Waals surface area contributed by atoms with Crippen LogP contribution in [-0.4, -0.2) is 24.0 Å². The first-order valence-electron chi connectivity index (χ1n) is 5.97. The van der Waals surface area contributed by atoms with E-state index in [1.807, 2.05) is 32.3 Å². The largest absolute Gasteiger partial charge is 0.303 e. The molecule has 0 radical (unpaired) electrons. The van der Waals surface area contributed by atoms with Gasteiger partial charge in [0.15, 0.2) is 0 Å². The van der Waals surface area contributed by atoms with Crippen LogP contribution < -0.4 is 0 Å².